The predicted octanol–water partition coefficient (Wildman–Crippen LogP) is 1.67. The van der Waals surface area contributed by atoms with Crippen LogP contribution in [0.25, 0.3) is 0 Å². The van der Waals surface area contributed by atoms with Gasteiger partial charge in [-0.15, -0.1) is 0 Å². The Morgan fingerprint density at radius 2 is 1.50 bits per heavy atom. The molecule has 0 bridgehead atoms. The number of hydrogen-bond donors (Lipinski definition) is 0. The monoisotopic (exact) mass is 196 g/mol. The Hall–Kier alpha value is -0.0800. The van der Waals surface area contributed by atoms with Gasteiger partial charge in [-0.3, -0.25) is 4.90 Å². The Morgan fingerprint density at radius 3 is 1.93 bits per heavy atom. The number of likely N-dealkylation sites (tertiary alicyclic amines) is 2. The molecule has 2 heteroatoms. The summed E-state index contributed by atoms with van der Waals surface area (Å²) in [4.78, 5) is 5.24. The molecular formula is C12H24N2. The summed E-state index contributed by atoms with van der Waals surface area (Å²) < 4.78 is 0. The fourth-order valence-electron chi connectivity index (χ4n) is 3.37. The van der Waals surface area contributed by atoms with Gasteiger partial charge in [-0.2, -0.15) is 0 Å². The lowest BCUT2D eigenvalue weighted by atomic mass is 10.0. The average Bonchev–Trinajstić information content (AvgIpc) is 2.63. The van der Waals surface area contributed by atoms with Gasteiger partial charge >= 0.3 is 0 Å². The third-order valence-corrected chi connectivity index (χ3v) is 4.16. The summed E-state index contributed by atoms with van der Waals surface area (Å²) in [5, 5.41) is 0. The van der Waals surface area contributed by atoms with Crippen LogP contribution in [0.1, 0.15) is 26.7 Å². The van der Waals surface area contributed by atoms with Crippen LogP contribution in [0.15, 0.2) is 0 Å². The normalized spacial score (nSPS) is 34.3. The summed E-state index contributed by atoms with van der Waals surface area (Å²) in [5.41, 5.74) is 0. The van der Waals surface area contributed by atoms with Gasteiger partial charge in [-0.1, -0.05) is 13.8 Å². The molecule has 2 nitrogen and oxygen atoms in total. The second-order valence-corrected chi connectivity index (χ2v) is 5.17. The van der Waals surface area contributed by atoms with E-state index in [0.29, 0.717) is 0 Å². The third-order valence-electron chi connectivity index (χ3n) is 4.16. The van der Waals surface area contributed by atoms with E-state index in [0.717, 1.165) is 17.9 Å². The quantitative estimate of drug-likeness (QED) is 0.677. The number of fused-ring (bicyclic) bond motifs is 1. The van der Waals surface area contributed by atoms with E-state index in [4.69, 9.17) is 0 Å². The minimum Gasteiger partial charge on any atom is -0.306 e. The zero-order chi connectivity index (χ0) is 10.1. The maximum absolute atomic E-state index is 2.74. The molecule has 2 unspecified atom stereocenters. The van der Waals surface area contributed by atoms with Gasteiger partial charge in [-0.25, -0.2) is 0 Å². The van der Waals surface area contributed by atoms with Crippen molar-refractivity contribution in [2.45, 2.75) is 32.7 Å². The van der Waals surface area contributed by atoms with Crippen LogP contribution in [0.3, 0.4) is 0 Å². The minimum atomic E-state index is 0.853. The van der Waals surface area contributed by atoms with E-state index >= 15 is 0 Å². The highest BCUT2D eigenvalue weighted by Gasteiger charge is 2.39. The maximum Gasteiger partial charge on any atom is 0.00902 e. The molecule has 2 aliphatic heterocycles. The van der Waals surface area contributed by atoms with Crippen molar-refractivity contribution < 1.29 is 0 Å². The molecule has 0 amide bonds. The van der Waals surface area contributed by atoms with Gasteiger partial charge in [0, 0.05) is 32.2 Å². The van der Waals surface area contributed by atoms with Gasteiger partial charge in [0.1, 0.15) is 0 Å². The SMILES string of the molecule is CCC(CC)N1CC2CN(C)CC2C1. The van der Waals surface area contributed by atoms with Crippen molar-refractivity contribution in [3.05, 3.63) is 0 Å². The summed E-state index contributed by atoms with van der Waals surface area (Å²) in [6.07, 6.45) is 2.65. The molecule has 0 saturated carbocycles. The van der Waals surface area contributed by atoms with E-state index in [9.17, 15) is 0 Å². The molecular weight excluding hydrogens is 172 g/mol. The smallest absolute Gasteiger partial charge is 0.00902 e. The number of rotatable bonds is 3. The molecule has 0 aliphatic carbocycles. The average molecular weight is 196 g/mol. The highest BCUT2D eigenvalue weighted by atomic mass is 15.2. The summed E-state index contributed by atoms with van der Waals surface area (Å²) >= 11 is 0. The largest absolute Gasteiger partial charge is 0.306 e. The fraction of sp³-hybridized carbons (Fsp3) is 1.00. The molecule has 0 aromatic carbocycles. The molecule has 0 aromatic heterocycles. The molecule has 2 heterocycles. The Morgan fingerprint density at radius 1 is 1.00 bits per heavy atom. The second-order valence-electron chi connectivity index (χ2n) is 5.17. The molecule has 2 aliphatic rings. The predicted molar refractivity (Wildman–Crippen MR) is 60.4 cm³/mol. The molecule has 0 radical (unpaired) electrons. The molecule has 0 aromatic rings. The molecule has 82 valence electrons. The van der Waals surface area contributed by atoms with Gasteiger partial charge in [-0.05, 0) is 31.7 Å². The first-order chi connectivity index (χ1) is 6.74. The Balaban J connectivity index is 1.90. The van der Waals surface area contributed by atoms with Crippen LogP contribution in [0.2, 0.25) is 0 Å². The van der Waals surface area contributed by atoms with Crippen LogP contribution in [0.4, 0.5) is 0 Å². The van der Waals surface area contributed by atoms with Crippen molar-refractivity contribution in [1.82, 2.24) is 9.80 Å². The van der Waals surface area contributed by atoms with Crippen LogP contribution in [-0.2, 0) is 0 Å². The topological polar surface area (TPSA) is 6.48 Å². The molecule has 2 fully saturated rings. The Kier molecular flexibility index (Phi) is 3.13. The first kappa shape index (κ1) is 10.4. The molecule has 14 heavy (non-hydrogen) atoms. The van der Waals surface area contributed by atoms with E-state index in [1.807, 2.05) is 0 Å². The van der Waals surface area contributed by atoms with Crippen LogP contribution < -0.4 is 0 Å². The second kappa shape index (κ2) is 4.19. The van der Waals surface area contributed by atoms with Crippen molar-refractivity contribution >= 4 is 0 Å². The van der Waals surface area contributed by atoms with Crippen molar-refractivity contribution in [3.63, 3.8) is 0 Å². The van der Waals surface area contributed by atoms with E-state index in [-0.39, 0.29) is 0 Å². The third kappa shape index (κ3) is 1.82. The summed E-state index contributed by atoms with van der Waals surface area (Å²) in [5.74, 6) is 1.95. The lowest BCUT2D eigenvalue weighted by molar-refractivity contribution is 0.201. The lowest BCUT2D eigenvalue weighted by Gasteiger charge is -2.27. The van der Waals surface area contributed by atoms with E-state index < -0.39 is 0 Å². The van der Waals surface area contributed by atoms with Crippen molar-refractivity contribution in [2.75, 3.05) is 33.2 Å². The fourth-order valence-corrected chi connectivity index (χ4v) is 3.37. The molecule has 2 saturated heterocycles. The standard InChI is InChI=1S/C12H24N2/c1-4-12(5-2)14-8-10-6-13(3)7-11(10)9-14/h10-12H,4-9H2,1-3H3. The van der Waals surface area contributed by atoms with Gasteiger partial charge in [0.2, 0.25) is 0 Å². The lowest BCUT2D eigenvalue weighted by Crippen LogP contribution is -2.35. The molecule has 0 spiro atoms. The van der Waals surface area contributed by atoms with E-state index in [1.54, 1.807) is 0 Å². The first-order valence-corrected chi connectivity index (χ1v) is 6.17. The minimum absolute atomic E-state index is 0.853. The van der Waals surface area contributed by atoms with Gasteiger partial charge in [0.15, 0.2) is 0 Å². The molecule has 2 rings (SSSR count). The van der Waals surface area contributed by atoms with Crippen LogP contribution >= 0.6 is 0 Å². The highest BCUT2D eigenvalue weighted by Crippen LogP contribution is 2.32. The van der Waals surface area contributed by atoms with Gasteiger partial charge in [0.05, 0.1) is 0 Å². The van der Waals surface area contributed by atoms with Crippen molar-refractivity contribution in [3.8, 4) is 0 Å². The van der Waals surface area contributed by atoms with Gasteiger partial charge in [0.25, 0.3) is 0 Å². The molecule has 0 N–H and O–H groups in total. The first-order valence-electron chi connectivity index (χ1n) is 6.17. The summed E-state index contributed by atoms with van der Waals surface area (Å²) in [6.45, 7) is 10.0. The van der Waals surface area contributed by atoms with Crippen molar-refractivity contribution in [2.24, 2.45) is 11.8 Å². The summed E-state index contributed by atoms with van der Waals surface area (Å²) in [7, 11) is 2.26. The zero-order valence-electron chi connectivity index (χ0n) is 9.87. The highest BCUT2D eigenvalue weighted by molar-refractivity contribution is 4.93. The number of nitrogens with zero attached hydrogens (tertiary/aromatic N) is 2. The zero-order valence-corrected chi connectivity index (χ0v) is 9.87. The Bertz CT molecular complexity index is 175. The van der Waals surface area contributed by atoms with Gasteiger partial charge < -0.3 is 4.90 Å². The maximum atomic E-state index is 2.74. The number of hydrogen-bond acceptors (Lipinski definition) is 2. The van der Waals surface area contributed by atoms with Crippen LogP contribution in [0.5, 0.6) is 0 Å². The van der Waals surface area contributed by atoms with E-state index in [1.165, 1.54) is 39.0 Å². The summed E-state index contributed by atoms with van der Waals surface area (Å²) in [6, 6.07) is 0.853. The van der Waals surface area contributed by atoms with Crippen LogP contribution in [0, 0.1) is 11.8 Å². The van der Waals surface area contributed by atoms with E-state index in [2.05, 4.69) is 30.7 Å². The van der Waals surface area contributed by atoms with Crippen molar-refractivity contribution in [1.29, 1.82) is 0 Å². The Labute approximate surface area is 88.3 Å². The van der Waals surface area contributed by atoms with Crippen LogP contribution in [-0.4, -0.2) is 49.1 Å². The molecule has 2 atom stereocenters.